The summed E-state index contributed by atoms with van der Waals surface area (Å²) in [5, 5.41) is 2.04. The zero-order valence-corrected chi connectivity index (χ0v) is 10.1. The second-order valence-electron chi connectivity index (χ2n) is 4.80. The van der Waals surface area contributed by atoms with Gasteiger partial charge in [0.15, 0.2) is 0 Å². The third-order valence-corrected chi connectivity index (χ3v) is 3.96. The fourth-order valence-electron chi connectivity index (χ4n) is 2.69. The highest BCUT2D eigenvalue weighted by molar-refractivity contribution is 6.31. The predicted octanol–water partition coefficient (Wildman–Crippen LogP) is 3.12. The molecule has 0 spiro atoms. The Morgan fingerprint density at radius 1 is 1.44 bits per heavy atom. The van der Waals surface area contributed by atoms with Gasteiger partial charge < -0.3 is 10.7 Å². The molecule has 1 heterocycles. The third kappa shape index (κ3) is 1.30. The van der Waals surface area contributed by atoms with Crippen molar-refractivity contribution in [3.8, 4) is 0 Å². The van der Waals surface area contributed by atoms with Gasteiger partial charge in [0.1, 0.15) is 0 Å². The van der Waals surface area contributed by atoms with Gasteiger partial charge in [-0.15, -0.1) is 0 Å². The van der Waals surface area contributed by atoms with E-state index in [4.69, 9.17) is 17.3 Å². The number of fused-ring (bicyclic) bond motifs is 1. The summed E-state index contributed by atoms with van der Waals surface area (Å²) in [6.45, 7) is 2.85. The van der Waals surface area contributed by atoms with Crippen LogP contribution in [0.5, 0.6) is 0 Å². The average molecular weight is 235 g/mol. The van der Waals surface area contributed by atoms with E-state index in [9.17, 15) is 0 Å². The zero-order valence-electron chi connectivity index (χ0n) is 9.31. The minimum Gasteiger partial charge on any atom is -0.358 e. The molecule has 3 heteroatoms. The van der Waals surface area contributed by atoms with E-state index < -0.39 is 0 Å². The van der Waals surface area contributed by atoms with Gasteiger partial charge in [0.25, 0.3) is 0 Å². The molecule has 1 aliphatic rings. The molecule has 0 atom stereocenters. The molecule has 0 saturated heterocycles. The second kappa shape index (κ2) is 3.25. The molecule has 0 bridgehead atoms. The van der Waals surface area contributed by atoms with E-state index in [1.165, 1.54) is 29.5 Å². The largest absolute Gasteiger partial charge is 0.358 e. The van der Waals surface area contributed by atoms with Crippen molar-refractivity contribution in [3.05, 3.63) is 34.5 Å². The van der Waals surface area contributed by atoms with E-state index in [-0.39, 0.29) is 5.41 Å². The van der Waals surface area contributed by atoms with Crippen LogP contribution >= 0.6 is 11.6 Å². The van der Waals surface area contributed by atoms with Gasteiger partial charge in [-0.2, -0.15) is 0 Å². The first-order valence-corrected chi connectivity index (χ1v) is 6.02. The minimum absolute atomic E-state index is 0.215. The van der Waals surface area contributed by atoms with Crippen molar-refractivity contribution in [1.29, 1.82) is 0 Å². The number of hydrogen-bond acceptors (Lipinski definition) is 1. The fraction of sp³-hybridized carbons (Fsp3) is 0.385. The molecule has 0 unspecified atom stereocenters. The molecule has 16 heavy (non-hydrogen) atoms. The topological polar surface area (TPSA) is 41.8 Å². The molecule has 1 aromatic carbocycles. The zero-order chi connectivity index (χ0) is 11.3. The highest BCUT2D eigenvalue weighted by atomic mass is 35.5. The van der Waals surface area contributed by atoms with Gasteiger partial charge >= 0.3 is 0 Å². The Labute approximate surface area is 99.8 Å². The van der Waals surface area contributed by atoms with Crippen LogP contribution < -0.4 is 5.73 Å². The molecule has 0 aliphatic heterocycles. The SMILES string of the molecule is Cc1[nH]c2ccc(Cl)cc2c1C1(CN)CC1. The van der Waals surface area contributed by atoms with Crippen LogP contribution in [0.3, 0.4) is 0 Å². The van der Waals surface area contributed by atoms with Crippen molar-refractivity contribution in [2.45, 2.75) is 25.2 Å². The monoisotopic (exact) mass is 234 g/mol. The quantitative estimate of drug-likeness (QED) is 0.824. The van der Waals surface area contributed by atoms with Crippen LogP contribution in [-0.2, 0) is 5.41 Å². The predicted molar refractivity (Wildman–Crippen MR) is 68.0 cm³/mol. The first kappa shape index (κ1) is 10.2. The van der Waals surface area contributed by atoms with Crippen LogP contribution in [0.2, 0.25) is 5.02 Å². The van der Waals surface area contributed by atoms with Crippen molar-refractivity contribution in [3.63, 3.8) is 0 Å². The molecule has 0 radical (unpaired) electrons. The first-order chi connectivity index (χ1) is 7.66. The van der Waals surface area contributed by atoms with Gasteiger partial charge in [-0.3, -0.25) is 0 Å². The number of aryl methyl sites for hydroxylation is 1. The molecule has 1 aromatic heterocycles. The lowest BCUT2D eigenvalue weighted by atomic mass is 9.93. The lowest BCUT2D eigenvalue weighted by Crippen LogP contribution is -2.20. The summed E-state index contributed by atoms with van der Waals surface area (Å²) in [7, 11) is 0. The number of H-pyrrole nitrogens is 1. The van der Waals surface area contributed by atoms with Gasteiger partial charge in [-0.1, -0.05) is 11.6 Å². The molecular weight excluding hydrogens is 220 g/mol. The Hall–Kier alpha value is -0.990. The van der Waals surface area contributed by atoms with Crippen LogP contribution in [0, 0.1) is 6.92 Å². The van der Waals surface area contributed by atoms with Crippen LogP contribution in [0.1, 0.15) is 24.1 Å². The number of nitrogens with one attached hydrogen (secondary N) is 1. The van der Waals surface area contributed by atoms with E-state index in [1.807, 2.05) is 18.2 Å². The summed E-state index contributed by atoms with van der Waals surface area (Å²) in [6.07, 6.45) is 2.40. The molecule has 2 aromatic rings. The summed E-state index contributed by atoms with van der Waals surface area (Å²) in [5.74, 6) is 0. The molecule has 0 amide bonds. The van der Waals surface area contributed by atoms with Crippen molar-refractivity contribution >= 4 is 22.5 Å². The highest BCUT2D eigenvalue weighted by Gasteiger charge is 2.45. The molecular formula is C13H15ClN2. The van der Waals surface area contributed by atoms with Crippen molar-refractivity contribution < 1.29 is 0 Å². The lowest BCUT2D eigenvalue weighted by Gasteiger charge is -2.13. The van der Waals surface area contributed by atoms with Crippen molar-refractivity contribution in [1.82, 2.24) is 4.98 Å². The number of rotatable bonds is 2. The van der Waals surface area contributed by atoms with Gasteiger partial charge in [-0.25, -0.2) is 0 Å². The van der Waals surface area contributed by atoms with E-state index in [0.717, 1.165) is 17.1 Å². The number of aromatic nitrogens is 1. The number of aromatic amines is 1. The molecule has 3 rings (SSSR count). The van der Waals surface area contributed by atoms with Gasteiger partial charge in [0.05, 0.1) is 0 Å². The fourth-order valence-corrected chi connectivity index (χ4v) is 2.86. The maximum atomic E-state index is 6.07. The Bertz CT molecular complexity index is 552. The molecule has 1 saturated carbocycles. The molecule has 1 fully saturated rings. The normalized spacial score (nSPS) is 17.9. The summed E-state index contributed by atoms with van der Waals surface area (Å²) in [6, 6.07) is 6.01. The second-order valence-corrected chi connectivity index (χ2v) is 5.24. The standard InChI is InChI=1S/C13H15ClN2/c1-8-12(13(7-15)4-5-13)10-6-9(14)2-3-11(10)16-8/h2-3,6,16H,4-5,7,15H2,1H3. The number of nitrogens with two attached hydrogens (primary N) is 1. The third-order valence-electron chi connectivity index (χ3n) is 3.72. The maximum Gasteiger partial charge on any atom is 0.0460 e. The Kier molecular flexibility index (Phi) is 2.07. The molecule has 3 N–H and O–H groups in total. The van der Waals surface area contributed by atoms with Crippen molar-refractivity contribution in [2.24, 2.45) is 5.73 Å². The van der Waals surface area contributed by atoms with E-state index in [0.29, 0.717) is 0 Å². The molecule has 84 valence electrons. The van der Waals surface area contributed by atoms with Gasteiger partial charge in [0, 0.05) is 33.6 Å². The van der Waals surface area contributed by atoms with Crippen LogP contribution in [-0.4, -0.2) is 11.5 Å². The average Bonchev–Trinajstić information content (AvgIpc) is 2.97. The van der Waals surface area contributed by atoms with E-state index in [1.54, 1.807) is 0 Å². The molecule has 1 aliphatic carbocycles. The maximum absolute atomic E-state index is 6.07. The summed E-state index contributed by atoms with van der Waals surface area (Å²) >= 11 is 6.07. The smallest absolute Gasteiger partial charge is 0.0460 e. The van der Waals surface area contributed by atoms with E-state index >= 15 is 0 Å². The van der Waals surface area contributed by atoms with Crippen LogP contribution in [0.15, 0.2) is 18.2 Å². The number of hydrogen-bond donors (Lipinski definition) is 2. The lowest BCUT2D eigenvalue weighted by molar-refractivity contribution is 0.705. The van der Waals surface area contributed by atoms with Crippen LogP contribution in [0.25, 0.3) is 10.9 Å². The Balaban J connectivity index is 2.30. The summed E-state index contributed by atoms with van der Waals surface area (Å²) in [5.41, 5.74) is 9.91. The van der Waals surface area contributed by atoms with E-state index in [2.05, 4.69) is 11.9 Å². The van der Waals surface area contributed by atoms with Crippen molar-refractivity contribution in [2.75, 3.05) is 6.54 Å². The minimum atomic E-state index is 0.215. The number of halogens is 1. The summed E-state index contributed by atoms with van der Waals surface area (Å²) in [4.78, 5) is 3.42. The highest BCUT2D eigenvalue weighted by Crippen LogP contribution is 2.51. The Morgan fingerprint density at radius 3 is 2.81 bits per heavy atom. The summed E-state index contributed by atoms with van der Waals surface area (Å²) < 4.78 is 0. The Morgan fingerprint density at radius 2 is 2.19 bits per heavy atom. The molecule has 2 nitrogen and oxygen atoms in total. The number of benzene rings is 1. The van der Waals surface area contributed by atoms with Gasteiger partial charge in [0.2, 0.25) is 0 Å². The van der Waals surface area contributed by atoms with Gasteiger partial charge in [-0.05, 0) is 43.5 Å². The van der Waals surface area contributed by atoms with Crippen LogP contribution in [0.4, 0.5) is 0 Å². The first-order valence-electron chi connectivity index (χ1n) is 5.65.